The SMILES string of the molecule is O=C(O)c1ccc(Cl)c(N2C(=O)C3C4c5ccccc5C(c5ccccc54)C3C2=O)c1. The quantitative estimate of drug-likeness (QED) is 0.611. The molecule has 2 bridgehead atoms. The molecule has 31 heavy (non-hydrogen) atoms. The summed E-state index contributed by atoms with van der Waals surface area (Å²) in [4.78, 5) is 40.0. The molecule has 3 aromatic carbocycles. The second-order valence-corrected chi connectivity index (χ2v) is 8.66. The number of hydrogen-bond donors (Lipinski definition) is 1. The topological polar surface area (TPSA) is 74.7 Å². The van der Waals surface area contributed by atoms with Crippen molar-refractivity contribution in [3.8, 4) is 0 Å². The normalized spacial score (nSPS) is 25.3. The van der Waals surface area contributed by atoms with Gasteiger partial charge in [0.25, 0.3) is 0 Å². The van der Waals surface area contributed by atoms with Crippen molar-refractivity contribution in [2.75, 3.05) is 4.90 Å². The molecule has 152 valence electrons. The summed E-state index contributed by atoms with van der Waals surface area (Å²) in [5.41, 5.74) is 4.45. The number of imide groups is 1. The highest BCUT2D eigenvalue weighted by Crippen LogP contribution is 2.61. The molecule has 1 saturated heterocycles. The summed E-state index contributed by atoms with van der Waals surface area (Å²) in [6, 6.07) is 20.1. The summed E-state index contributed by atoms with van der Waals surface area (Å²) in [6.45, 7) is 0. The number of halogens is 1. The van der Waals surface area contributed by atoms with E-state index in [1.54, 1.807) is 0 Å². The van der Waals surface area contributed by atoms with Crippen molar-refractivity contribution in [2.24, 2.45) is 11.8 Å². The number of benzene rings is 3. The van der Waals surface area contributed by atoms with Crippen molar-refractivity contribution in [2.45, 2.75) is 11.8 Å². The van der Waals surface area contributed by atoms with Crippen LogP contribution in [-0.2, 0) is 9.59 Å². The molecule has 1 aliphatic heterocycles. The zero-order valence-electron chi connectivity index (χ0n) is 16.2. The average molecular weight is 430 g/mol. The van der Waals surface area contributed by atoms with Crippen LogP contribution in [0.1, 0.15) is 44.4 Å². The van der Waals surface area contributed by atoms with E-state index in [9.17, 15) is 19.5 Å². The van der Waals surface area contributed by atoms with Crippen molar-refractivity contribution in [1.29, 1.82) is 0 Å². The molecule has 7 rings (SSSR count). The van der Waals surface area contributed by atoms with Gasteiger partial charge in [-0.1, -0.05) is 60.1 Å². The second kappa shape index (κ2) is 6.28. The standard InChI is InChI=1S/C25H16ClNO4/c26-17-10-9-12(25(30)31)11-18(17)27-23(28)21-19-13-5-1-2-6-14(13)20(22(21)24(27)29)16-8-4-3-7-15(16)19/h1-11,19-22H,(H,30,31). The maximum atomic E-state index is 13.7. The molecule has 0 saturated carbocycles. The predicted octanol–water partition coefficient (Wildman–Crippen LogP) is 4.43. The number of carbonyl (C=O) groups is 3. The lowest BCUT2D eigenvalue weighted by atomic mass is 9.55. The zero-order chi connectivity index (χ0) is 21.4. The molecule has 6 heteroatoms. The van der Waals surface area contributed by atoms with Gasteiger partial charge in [-0.15, -0.1) is 0 Å². The van der Waals surface area contributed by atoms with Crippen molar-refractivity contribution in [3.63, 3.8) is 0 Å². The molecule has 2 unspecified atom stereocenters. The van der Waals surface area contributed by atoms with Crippen molar-refractivity contribution in [1.82, 2.24) is 0 Å². The Kier molecular flexibility index (Phi) is 3.72. The summed E-state index contributed by atoms with van der Waals surface area (Å²) in [7, 11) is 0. The first kappa shape index (κ1) is 18.3. The van der Waals surface area contributed by atoms with E-state index in [2.05, 4.69) is 0 Å². The van der Waals surface area contributed by atoms with Gasteiger partial charge in [-0.25, -0.2) is 9.69 Å². The van der Waals surface area contributed by atoms with E-state index in [-0.39, 0.29) is 39.9 Å². The van der Waals surface area contributed by atoms with E-state index >= 15 is 0 Å². The van der Waals surface area contributed by atoms with Gasteiger partial charge >= 0.3 is 5.97 Å². The summed E-state index contributed by atoms with van der Waals surface area (Å²) >= 11 is 6.34. The highest BCUT2D eigenvalue weighted by atomic mass is 35.5. The van der Waals surface area contributed by atoms with E-state index < -0.39 is 17.8 Å². The van der Waals surface area contributed by atoms with Crippen LogP contribution in [0, 0.1) is 11.8 Å². The highest BCUT2D eigenvalue weighted by Gasteiger charge is 2.61. The summed E-state index contributed by atoms with van der Waals surface area (Å²) < 4.78 is 0. The van der Waals surface area contributed by atoms with Crippen LogP contribution in [0.25, 0.3) is 0 Å². The van der Waals surface area contributed by atoms with Gasteiger partial charge in [-0.2, -0.15) is 0 Å². The van der Waals surface area contributed by atoms with Crippen LogP contribution in [0.4, 0.5) is 5.69 Å². The van der Waals surface area contributed by atoms with Crippen LogP contribution in [0.5, 0.6) is 0 Å². The lowest BCUT2D eigenvalue weighted by Crippen LogP contribution is -2.41. The van der Waals surface area contributed by atoms with E-state index in [0.29, 0.717) is 0 Å². The maximum Gasteiger partial charge on any atom is 0.335 e. The van der Waals surface area contributed by atoms with Gasteiger partial charge in [0.1, 0.15) is 0 Å². The fraction of sp³-hybridized carbons (Fsp3) is 0.160. The number of anilines is 1. The fourth-order valence-electron chi connectivity index (χ4n) is 5.73. The Hall–Kier alpha value is -3.44. The zero-order valence-corrected chi connectivity index (χ0v) is 16.9. The lowest BCUT2D eigenvalue weighted by molar-refractivity contribution is -0.122. The number of rotatable bonds is 2. The fourth-order valence-corrected chi connectivity index (χ4v) is 5.93. The molecule has 1 heterocycles. The number of amides is 2. The first-order valence-electron chi connectivity index (χ1n) is 10.1. The van der Waals surface area contributed by atoms with Crippen LogP contribution >= 0.6 is 11.6 Å². The molecular weight excluding hydrogens is 414 g/mol. The van der Waals surface area contributed by atoms with Gasteiger partial charge in [0.05, 0.1) is 28.1 Å². The van der Waals surface area contributed by atoms with Gasteiger partial charge in [0.15, 0.2) is 0 Å². The summed E-state index contributed by atoms with van der Waals surface area (Å²) in [6.07, 6.45) is 0. The molecule has 1 fully saturated rings. The van der Waals surface area contributed by atoms with Crippen LogP contribution in [0.2, 0.25) is 5.02 Å². The summed E-state index contributed by atoms with van der Waals surface area (Å²) in [5.74, 6) is -3.29. The largest absolute Gasteiger partial charge is 0.478 e. The number of aromatic carboxylic acids is 1. The molecule has 2 atom stereocenters. The van der Waals surface area contributed by atoms with Gasteiger partial charge in [0, 0.05) is 11.8 Å². The minimum Gasteiger partial charge on any atom is -0.478 e. The number of carbonyl (C=O) groups excluding carboxylic acids is 2. The van der Waals surface area contributed by atoms with Gasteiger partial charge in [0.2, 0.25) is 11.8 Å². The second-order valence-electron chi connectivity index (χ2n) is 8.25. The molecule has 0 radical (unpaired) electrons. The van der Waals surface area contributed by atoms with Crippen molar-refractivity contribution in [3.05, 3.63) is 99.6 Å². The first-order valence-corrected chi connectivity index (χ1v) is 10.4. The van der Waals surface area contributed by atoms with E-state index in [4.69, 9.17) is 11.6 Å². The number of carboxylic acid groups (broad SMARTS) is 1. The van der Waals surface area contributed by atoms with Crippen LogP contribution in [0.3, 0.4) is 0 Å². The Morgan fingerprint density at radius 2 is 1.23 bits per heavy atom. The third kappa shape index (κ3) is 2.29. The molecule has 1 N–H and O–H groups in total. The third-order valence-electron chi connectivity index (χ3n) is 6.88. The average Bonchev–Trinajstić information content (AvgIpc) is 3.05. The van der Waals surface area contributed by atoms with Gasteiger partial charge in [-0.3, -0.25) is 9.59 Å². The van der Waals surface area contributed by atoms with Crippen molar-refractivity contribution < 1.29 is 19.5 Å². The first-order chi connectivity index (χ1) is 15.0. The van der Waals surface area contributed by atoms with E-state index in [1.165, 1.54) is 18.2 Å². The smallest absolute Gasteiger partial charge is 0.335 e. The Bertz CT molecular complexity index is 1200. The number of hydrogen-bond acceptors (Lipinski definition) is 3. The van der Waals surface area contributed by atoms with Crippen LogP contribution in [0.15, 0.2) is 66.7 Å². The molecule has 0 aromatic heterocycles. The predicted molar refractivity (Wildman–Crippen MR) is 114 cm³/mol. The van der Waals surface area contributed by atoms with Crippen LogP contribution in [-0.4, -0.2) is 22.9 Å². The molecule has 4 aliphatic rings. The highest BCUT2D eigenvalue weighted by molar-refractivity contribution is 6.36. The van der Waals surface area contributed by atoms with Gasteiger partial charge in [-0.05, 0) is 40.5 Å². The molecule has 2 amide bonds. The Morgan fingerprint density at radius 1 is 0.774 bits per heavy atom. The van der Waals surface area contributed by atoms with Crippen LogP contribution < -0.4 is 4.90 Å². The Morgan fingerprint density at radius 3 is 1.65 bits per heavy atom. The Labute approximate surface area is 182 Å². The number of carboxylic acids is 1. The van der Waals surface area contributed by atoms with Crippen molar-refractivity contribution >= 4 is 35.1 Å². The minimum absolute atomic E-state index is 0.0237. The third-order valence-corrected chi connectivity index (χ3v) is 7.20. The molecule has 3 aliphatic carbocycles. The molecule has 5 nitrogen and oxygen atoms in total. The van der Waals surface area contributed by atoms with E-state index in [0.717, 1.165) is 27.2 Å². The molecule has 0 spiro atoms. The minimum atomic E-state index is -1.14. The summed E-state index contributed by atoms with van der Waals surface area (Å²) in [5, 5.41) is 9.55. The van der Waals surface area contributed by atoms with E-state index in [1.807, 2.05) is 48.5 Å². The lowest BCUT2D eigenvalue weighted by Gasteiger charge is -2.45. The van der Waals surface area contributed by atoms with Gasteiger partial charge < -0.3 is 5.11 Å². The Balaban J connectivity index is 1.56. The molecular formula is C25H16ClNO4. The molecule has 3 aromatic rings. The monoisotopic (exact) mass is 429 g/mol. The maximum absolute atomic E-state index is 13.7. The number of nitrogens with zero attached hydrogens (tertiary/aromatic N) is 1.